The van der Waals surface area contributed by atoms with E-state index in [0.29, 0.717) is 11.3 Å². The van der Waals surface area contributed by atoms with Crippen molar-refractivity contribution in [3.8, 4) is 0 Å². The summed E-state index contributed by atoms with van der Waals surface area (Å²) in [7, 11) is 0. The largest absolute Gasteiger partial charge is 0.357 e. The smallest absolute Gasteiger partial charge is 0.273 e. The fourth-order valence-corrected chi connectivity index (χ4v) is 3.06. The summed E-state index contributed by atoms with van der Waals surface area (Å²) in [6.07, 6.45) is 2.34. The van der Waals surface area contributed by atoms with Crippen LogP contribution in [0.15, 0.2) is 30.3 Å². The molecule has 130 valence electrons. The normalized spacial score (nSPS) is 13.8. The highest BCUT2D eigenvalue weighted by molar-refractivity contribution is 6.06. The zero-order chi connectivity index (χ0) is 18.0. The molecule has 1 aromatic carbocycles. The fraction of sp³-hybridized carbons (Fsp3) is 0.333. The van der Waals surface area contributed by atoms with E-state index in [1.54, 1.807) is 13.0 Å². The van der Waals surface area contributed by atoms with E-state index in [4.69, 9.17) is 0 Å². The molecule has 0 aliphatic carbocycles. The number of rotatable bonds is 4. The number of anilines is 2. The second-order valence-electron chi connectivity index (χ2n) is 6.16. The molecule has 7 nitrogen and oxygen atoms in total. The SMILES string of the molecule is Cc1nc(N2CCCC2)ccc1NC(=O)c1cccc([N+](=O)[O-])c1C. The van der Waals surface area contributed by atoms with Crippen LogP contribution in [0.3, 0.4) is 0 Å². The van der Waals surface area contributed by atoms with Gasteiger partial charge in [-0.15, -0.1) is 0 Å². The number of pyridine rings is 1. The van der Waals surface area contributed by atoms with Crippen LogP contribution in [0.1, 0.15) is 34.5 Å². The Morgan fingerprint density at radius 1 is 1.20 bits per heavy atom. The predicted molar refractivity (Wildman–Crippen MR) is 96.2 cm³/mol. The minimum atomic E-state index is -0.482. The van der Waals surface area contributed by atoms with Crippen LogP contribution in [0.25, 0.3) is 0 Å². The van der Waals surface area contributed by atoms with Crippen molar-refractivity contribution in [2.45, 2.75) is 26.7 Å². The molecule has 7 heteroatoms. The van der Waals surface area contributed by atoms with Crippen molar-refractivity contribution < 1.29 is 9.72 Å². The summed E-state index contributed by atoms with van der Waals surface area (Å²) < 4.78 is 0. The zero-order valence-corrected chi connectivity index (χ0v) is 14.3. The van der Waals surface area contributed by atoms with Crippen molar-refractivity contribution in [1.82, 2.24) is 4.98 Å². The topological polar surface area (TPSA) is 88.4 Å². The third-order valence-corrected chi connectivity index (χ3v) is 4.50. The quantitative estimate of drug-likeness (QED) is 0.680. The third kappa shape index (κ3) is 3.45. The number of nitro benzene ring substituents is 1. The van der Waals surface area contributed by atoms with Gasteiger partial charge >= 0.3 is 0 Å². The summed E-state index contributed by atoms with van der Waals surface area (Å²) in [6.45, 7) is 5.43. The van der Waals surface area contributed by atoms with Gasteiger partial charge in [-0.3, -0.25) is 14.9 Å². The van der Waals surface area contributed by atoms with Crippen LogP contribution in [-0.2, 0) is 0 Å². The lowest BCUT2D eigenvalue weighted by Crippen LogP contribution is -2.20. The molecule has 0 atom stereocenters. The van der Waals surface area contributed by atoms with Crippen molar-refractivity contribution in [2.75, 3.05) is 23.3 Å². The maximum atomic E-state index is 12.5. The summed E-state index contributed by atoms with van der Waals surface area (Å²) in [6, 6.07) is 8.22. The van der Waals surface area contributed by atoms with Gasteiger partial charge in [-0.25, -0.2) is 4.98 Å². The Kier molecular flexibility index (Phi) is 4.65. The van der Waals surface area contributed by atoms with Crippen LogP contribution < -0.4 is 10.2 Å². The predicted octanol–water partition coefficient (Wildman–Crippen LogP) is 3.46. The molecule has 0 bridgehead atoms. The third-order valence-electron chi connectivity index (χ3n) is 4.50. The van der Waals surface area contributed by atoms with Crippen molar-refractivity contribution in [2.24, 2.45) is 0 Å². The Morgan fingerprint density at radius 2 is 1.92 bits per heavy atom. The number of nitro groups is 1. The van der Waals surface area contributed by atoms with Crippen molar-refractivity contribution in [3.63, 3.8) is 0 Å². The summed E-state index contributed by atoms with van der Waals surface area (Å²) in [4.78, 5) is 29.9. The van der Waals surface area contributed by atoms with Crippen LogP contribution in [0, 0.1) is 24.0 Å². The van der Waals surface area contributed by atoms with E-state index in [2.05, 4.69) is 15.2 Å². The monoisotopic (exact) mass is 340 g/mol. The van der Waals surface area contributed by atoms with Gasteiger partial charge in [0.15, 0.2) is 0 Å². The molecule has 2 aromatic rings. The number of nitrogens with zero attached hydrogens (tertiary/aromatic N) is 3. The van der Waals surface area contributed by atoms with E-state index >= 15 is 0 Å². The summed E-state index contributed by atoms with van der Waals surface area (Å²) in [5, 5.41) is 13.8. The average Bonchev–Trinajstić information content (AvgIpc) is 3.11. The highest BCUT2D eigenvalue weighted by Crippen LogP contribution is 2.24. The molecule has 3 rings (SSSR count). The van der Waals surface area contributed by atoms with E-state index in [9.17, 15) is 14.9 Å². The van der Waals surface area contributed by atoms with E-state index in [1.165, 1.54) is 25.0 Å². The molecule has 0 spiro atoms. The summed E-state index contributed by atoms with van der Waals surface area (Å²) >= 11 is 0. The number of hydrogen-bond acceptors (Lipinski definition) is 5. The molecular weight excluding hydrogens is 320 g/mol. The lowest BCUT2D eigenvalue weighted by atomic mass is 10.1. The summed E-state index contributed by atoms with van der Waals surface area (Å²) in [5.41, 5.74) is 1.91. The molecule has 0 saturated carbocycles. The van der Waals surface area contributed by atoms with Gasteiger partial charge in [0.05, 0.1) is 16.3 Å². The van der Waals surface area contributed by atoms with Gasteiger partial charge in [0.2, 0.25) is 0 Å². The average molecular weight is 340 g/mol. The van der Waals surface area contributed by atoms with Gasteiger partial charge in [-0.1, -0.05) is 6.07 Å². The van der Waals surface area contributed by atoms with Crippen molar-refractivity contribution in [3.05, 3.63) is 57.3 Å². The molecule has 1 aliphatic rings. The van der Waals surface area contributed by atoms with Crippen LogP contribution in [-0.4, -0.2) is 28.9 Å². The van der Waals surface area contributed by atoms with E-state index in [-0.39, 0.29) is 17.2 Å². The Labute approximate surface area is 145 Å². The number of carbonyl (C=O) groups excluding carboxylic acids is 1. The Morgan fingerprint density at radius 3 is 2.56 bits per heavy atom. The van der Waals surface area contributed by atoms with Crippen LogP contribution in [0.4, 0.5) is 17.2 Å². The number of aromatic nitrogens is 1. The van der Waals surface area contributed by atoms with Gasteiger partial charge in [-0.2, -0.15) is 0 Å². The Bertz CT molecular complexity index is 829. The minimum Gasteiger partial charge on any atom is -0.357 e. The van der Waals surface area contributed by atoms with Crippen molar-refractivity contribution in [1.29, 1.82) is 0 Å². The Balaban J connectivity index is 1.81. The van der Waals surface area contributed by atoms with Gasteiger partial charge in [0.1, 0.15) is 5.82 Å². The number of carbonyl (C=O) groups is 1. The maximum Gasteiger partial charge on any atom is 0.273 e. The van der Waals surface area contributed by atoms with Gasteiger partial charge < -0.3 is 10.2 Å². The molecule has 2 heterocycles. The number of amides is 1. The first-order chi connectivity index (χ1) is 12.0. The zero-order valence-electron chi connectivity index (χ0n) is 14.3. The molecule has 1 saturated heterocycles. The van der Waals surface area contributed by atoms with E-state index < -0.39 is 4.92 Å². The number of nitrogens with one attached hydrogen (secondary N) is 1. The molecule has 1 fully saturated rings. The van der Waals surface area contributed by atoms with E-state index in [1.807, 2.05) is 19.1 Å². The second-order valence-corrected chi connectivity index (χ2v) is 6.16. The van der Waals surface area contributed by atoms with Crippen LogP contribution >= 0.6 is 0 Å². The van der Waals surface area contributed by atoms with E-state index in [0.717, 1.165) is 24.6 Å². The number of hydrogen-bond donors (Lipinski definition) is 1. The number of aryl methyl sites for hydroxylation is 1. The molecule has 1 aliphatic heterocycles. The molecular formula is C18H20N4O3. The van der Waals surface area contributed by atoms with Gasteiger partial charge in [-0.05, 0) is 44.9 Å². The summed E-state index contributed by atoms with van der Waals surface area (Å²) in [5.74, 6) is 0.541. The van der Waals surface area contributed by atoms with Gasteiger partial charge in [0.25, 0.3) is 11.6 Å². The molecule has 25 heavy (non-hydrogen) atoms. The molecule has 1 N–H and O–H groups in total. The van der Waals surface area contributed by atoms with Crippen LogP contribution in [0.5, 0.6) is 0 Å². The second kappa shape index (κ2) is 6.88. The first kappa shape index (κ1) is 16.9. The molecule has 1 aromatic heterocycles. The fourth-order valence-electron chi connectivity index (χ4n) is 3.06. The molecule has 1 amide bonds. The maximum absolute atomic E-state index is 12.5. The van der Waals surface area contributed by atoms with Gasteiger partial charge in [0, 0.05) is 30.3 Å². The number of benzene rings is 1. The highest BCUT2D eigenvalue weighted by Gasteiger charge is 2.19. The minimum absolute atomic E-state index is 0.0631. The molecule has 0 unspecified atom stereocenters. The van der Waals surface area contributed by atoms with Crippen LogP contribution in [0.2, 0.25) is 0 Å². The first-order valence-corrected chi connectivity index (χ1v) is 8.25. The first-order valence-electron chi connectivity index (χ1n) is 8.25. The lowest BCUT2D eigenvalue weighted by molar-refractivity contribution is -0.385. The highest BCUT2D eigenvalue weighted by atomic mass is 16.6. The molecule has 0 radical (unpaired) electrons. The standard InChI is InChI=1S/C18H20N4O3/c1-12-14(6-5-7-16(12)22(24)25)18(23)20-15-8-9-17(19-13(15)2)21-10-3-4-11-21/h5-9H,3-4,10-11H2,1-2H3,(H,20,23). The lowest BCUT2D eigenvalue weighted by Gasteiger charge is -2.18. The van der Waals surface area contributed by atoms with Crippen molar-refractivity contribution >= 4 is 23.1 Å². The Hall–Kier alpha value is -2.96.